The first-order valence-electron chi connectivity index (χ1n) is 7.20. The number of Topliss-reactive ketones (excluding diaryl/α,β-unsaturated/α-hetero) is 1. The molecule has 22 heavy (non-hydrogen) atoms. The maximum atomic E-state index is 12.2. The molecule has 0 aliphatic carbocycles. The largest absolute Gasteiger partial charge is 0.497 e. The minimum atomic E-state index is -1.43. The van der Waals surface area contributed by atoms with Crippen LogP contribution in [0.3, 0.4) is 0 Å². The molecule has 0 unspecified atom stereocenters. The fourth-order valence-electron chi connectivity index (χ4n) is 2.24. The normalized spacial score (nSPS) is 13.4. The van der Waals surface area contributed by atoms with Gasteiger partial charge in [0, 0.05) is 5.56 Å². The predicted molar refractivity (Wildman–Crippen MR) is 84.1 cm³/mol. The number of aryl methyl sites for hydroxylation is 1. The molecule has 116 valence electrons. The van der Waals surface area contributed by atoms with Crippen LogP contribution in [0.4, 0.5) is 0 Å². The van der Waals surface area contributed by atoms with Gasteiger partial charge in [-0.2, -0.15) is 0 Å². The van der Waals surface area contributed by atoms with Gasteiger partial charge >= 0.3 is 0 Å². The molecule has 0 aromatic heterocycles. The van der Waals surface area contributed by atoms with Crippen molar-refractivity contribution in [3.8, 4) is 5.75 Å². The van der Waals surface area contributed by atoms with E-state index in [0.29, 0.717) is 24.2 Å². The van der Waals surface area contributed by atoms with Crippen molar-refractivity contribution in [2.75, 3.05) is 7.11 Å². The van der Waals surface area contributed by atoms with Crippen molar-refractivity contribution in [3.63, 3.8) is 0 Å². The second kappa shape index (κ2) is 7.73. The van der Waals surface area contributed by atoms with Crippen LogP contribution in [0.5, 0.6) is 5.75 Å². The lowest BCUT2D eigenvalue weighted by Crippen LogP contribution is -2.34. The molecule has 0 saturated carbocycles. The number of methoxy groups -OCH3 is 1. The predicted octanol–water partition coefficient (Wildman–Crippen LogP) is 2.23. The van der Waals surface area contributed by atoms with E-state index in [1.54, 1.807) is 24.3 Å². The number of hydrogen-bond acceptors (Lipinski definition) is 4. The van der Waals surface area contributed by atoms with E-state index in [-0.39, 0.29) is 0 Å². The Morgan fingerprint density at radius 3 is 2.50 bits per heavy atom. The summed E-state index contributed by atoms with van der Waals surface area (Å²) >= 11 is 0. The van der Waals surface area contributed by atoms with E-state index in [9.17, 15) is 15.0 Å². The SMILES string of the molecule is COc1cccc(C(=O)[C@H](O)[C@@H](O)CCc2ccccc2)c1. The molecule has 2 rings (SSSR count). The number of ether oxygens (including phenoxy) is 1. The first-order valence-corrected chi connectivity index (χ1v) is 7.20. The van der Waals surface area contributed by atoms with E-state index in [4.69, 9.17) is 4.74 Å². The lowest BCUT2D eigenvalue weighted by molar-refractivity contribution is 0.0179. The van der Waals surface area contributed by atoms with Crippen LogP contribution >= 0.6 is 0 Å². The molecular weight excluding hydrogens is 280 g/mol. The third kappa shape index (κ3) is 4.16. The molecule has 4 heteroatoms. The molecule has 2 aromatic carbocycles. The van der Waals surface area contributed by atoms with Crippen LogP contribution in [0.1, 0.15) is 22.3 Å². The fraction of sp³-hybridized carbons (Fsp3) is 0.278. The molecule has 0 saturated heterocycles. The number of aliphatic hydroxyl groups excluding tert-OH is 2. The molecule has 0 radical (unpaired) electrons. The van der Waals surface area contributed by atoms with Crippen LogP contribution in [-0.2, 0) is 6.42 Å². The average molecular weight is 300 g/mol. The van der Waals surface area contributed by atoms with E-state index < -0.39 is 18.0 Å². The number of carbonyl (C=O) groups excluding carboxylic acids is 1. The summed E-state index contributed by atoms with van der Waals surface area (Å²) in [6, 6.07) is 16.2. The summed E-state index contributed by atoms with van der Waals surface area (Å²) in [5.41, 5.74) is 1.38. The second-order valence-corrected chi connectivity index (χ2v) is 5.13. The van der Waals surface area contributed by atoms with E-state index in [0.717, 1.165) is 5.56 Å². The number of hydrogen-bond donors (Lipinski definition) is 2. The van der Waals surface area contributed by atoms with Crippen LogP contribution in [0.25, 0.3) is 0 Å². The summed E-state index contributed by atoms with van der Waals surface area (Å²) in [6.45, 7) is 0. The van der Waals surface area contributed by atoms with E-state index in [1.165, 1.54) is 7.11 Å². The molecule has 0 aliphatic rings. The highest BCUT2D eigenvalue weighted by Crippen LogP contribution is 2.16. The highest BCUT2D eigenvalue weighted by atomic mass is 16.5. The summed E-state index contributed by atoms with van der Waals surface area (Å²) in [5.74, 6) is 0.0382. The molecule has 0 fully saturated rings. The van der Waals surface area contributed by atoms with E-state index >= 15 is 0 Å². The molecule has 0 bridgehead atoms. The maximum absolute atomic E-state index is 12.2. The van der Waals surface area contributed by atoms with E-state index in [1.807, 2.05) is 30.3 Å². The van der Waals surface area contributed by atoms with Crippen molar-refractivity contribution in [2.24, 2.45) is 0 Å². The summed E-state index contributed by atoms with van der Waals surface area (Å²) in [5, 5.41) is 20.1. The highest BCUT2D eigenvalue weighted by molar-refractivity contribution is 6.00. The first kappa shape index (κ1) is 16.2. The molecule has 0 aliphatic heterocycles. The molecule has 0 amide bonds. The standard InChI is InChI=1S/C18H20O4/c1-22-15-9-5-8-14(12-15)17(20)18(21)16(19)11-10-13-6-3-2-4-7-13/h2-9,12,16,18-19,21H,10-11H2,1H3/t16-,18+/m0/s1. The van der Waals surface area contributed by atoms with Crippen LogP contribution in [-0.4, -0.2) is 35.3 Å². The van der Waals surface area contributed by atoms with Gasteiger partial charge in [0.15, 0.2) is 5.78 Å². The minimum Gasteiger partial charge on any atom is -0.497 e. The van der Waals surface area contributed by atoms with Crippen LogP contribution < -0.4 is 4.74 Å². The Kier molecular flexibility index (Phi) is 5.69. The van der Waals surface area contributed by atoms with Crippen molar-refractivity contribution in [2.45, 2.75) is 25.0 Å². The van der Waals surface area contributed by atoms with Crippen molar-refractivity contribution < 1.29 is 19.7 Å². The third-order valence-electron chi connectivity index (χ3n) is 3.56. The fourth-order valence-corrected chi connectivity index (χ4v) is 2.24. The average Bonchev–Trinajstić information content (AvgIpc) is 2.59. The van der Waals surface area contributed by atoms with Crippen LogP contribution in [0.2, 0.25) is 0 Å². The first-order chi connectivity index (χ1) is 10.6. The van der Waals surface area contributed by atoms with Gasteiger partial charge in [-0.3, -0.25) is 4.79 Å². The van der Waals surface area contributed by atoms with Gasteiger partial charge < -0.3 is 14.9 Å². The molecule has 0 spiro atoms. The van der Waals surface area contributed by atoms with Gasteiger partial charge in [0.25, 0.3) is 0 Å². The lowest BCUT2D eigenvalue weighted by atomic mass is 9.97. The summed E-state index contributed by atoms with van der Waals surface area (Å²) < 4.78 is 5.05. The summed E-state index contributed by atoms with van der Waals surface area (Å²) in [6.07, 6.45) is -1.61. The molecule has 2 N–H and O–H groups in total. The molecule has 2 aromatic rings. The van der Waals surface area contributed by atoms with E-state index in [2.05, 4.69) is 0 Å². The van der Waals surface area contributed by atoms with Gasteiger partial charge in [-0.1, -0.05) is 42.5 Å². The second-order valence-electron chi connectivity index (χ2n) is 5.13. The van der Waals surface area contributed by atoms with Crippen molar-refractivity contribution in [1.82, 2.24) is 0 Å². The molecule has 4 nitrogen and oxygen atoms in total. The Morgan fingerprint density at radius 1 is 1.09 bits per heavy atom. The Labute approximate surface area is 130 Å². The lowest BCUT2D eigenvalue weighted by Gasteiger charge is -2.17. The number of benzene rings is 2. The quantitative estimate of drug-likeness (QED) is 0.770. The third-order valence-corrected chi connectivity index (χ3v) is 3.56. The molecule has 2 atom stereocenters. The number of rotatable bonds is 7. The van der Waals surface area contributed by atoms with Gasteiger partial charge in [0.05, 0.1) is 13.2 Å². The van der Waals surface area contributed by atoms with Gasteiger partial charge in [0.1, 0.15) is 11.9 Å². The Hall–Kier alpha value is -2.17. The highest BCUT2D eigenvalue weighted by Gasteiger charge is 2.25. The maximum Gasteiger partial charge on any atom is 0.194 e. The Balaban J connectivity index is 1.97. The zero-order valence-corrected chi connectivity index (χ0v) is 12.5. The zero-order valence-electron chi connectivity index (χ0n) is 12.5. The van der Waals surface area contributed by atoms with Gasteiger partial charge in [-0.15, -0.1) is 0 Å². The van der Waals surface area contributed by atoms with Crippen LogP contribution in [0, 0.1) is 0 Å². The van der Waals surface area contributed by atoms with Crippen molar-refractivity contribution in [3.05, 3.63) is 65.7 Å². The number of aliphatic hydroxyl groups is 2. The monoisotopic (exact) mass is 300 g/mol. The molecular formula is C18H20O4. The number of carbonyl (C=O) groups is 1. The number of ketones is 1. The van der Waals surface area contributed by atoms with Gasteiger partial charge in [-0.25, -0.2) is 0 Å². The van der Waals surface area contributed by atoms with Gasteiger partial charge in [0.2, 0.25) is 0 Å². The smallest absolute Gasteiger partial charge is 0.194 e. The van der Waals surface area contributed by atoms with Gasteiger partial charge in [-0.05, 0) is 30.5 Å². The minimum absolute atomic E-state index is 0.320. The van der Waals surface area contributed by atoms with Crippen molar-refractivity contribution in [1.29, 1.82) is 0 Å². The Bertz CT molecular complexity index is 609. The summed E-state index contributed by atoms with van der Waals surface area (Å²) in [4.78, 5) is 12.2. The van der Waals surface area contributed by atoms with Crippen molar-refractivity contribution >= 4 is 5.78 Å². The molecule has 0 heterocycles. The van der Waals surface area contributed by atoms with Crippen LogP contribution in [0.15, 0.2) is 54.6 Å². The summed E-state index contributed by atoms with van der Waals surface area (Å²) in [7, 11) is 1.51. The topological polar surface area (TPSA) is 66.8 Å². The zero-order chi connectivity index (χ0) is 15.9. The Morgan fingerprint density at radius 2 is 1.82 bits per heavy atom.